The Labute approximate surface area is 291 Å². The maximum Gasteiger partial charge on any atom is 0.340 e. The zero-order valence-electron chi connectivity index (χ0n) is 27.4. The second-order valence-corrected chi connectivity index (χ2v) is 11.6. The smallest absolute Gasteiger partial charge is 0.340 e. The van der Waals surface area contributed by atoms with Gasteiger partial charge in [-0.3, -0.25) is 4.98 Å². The van der Waals surface area contributed by atoms with Crippen LogP contribution < -0.4 is 25.0 Å². The Bertz CT molecular complexity index is 2440. The topological polar surface area (TPSA) is 112 Å². The summed E-state index contributed by atoms with van der Waals surface area (Å²) in [7, 11) is 1.55. The number of rotatable bonds is 11. The summed E-state index contributed by atoms with van der Waals surface area (Å²) in [5.41, 5.74) is 9.24. The monoisotopic (exact) mass is 683 g/mol. The van der Waals surface area contributed by atoms with Crippen molar-refractivity contribution in [2.24, 2.45) is 10.8 Å². The number of methoxy groups -OCH3 is 1. The van der Waals surface area contributed by atoms with Gasteiger partial charge in [-0.2, -0.15) is 10.1 Å². The molecule has 51 heavy (non-hydrogen) atoms. The summed E-state index contributed by atoms with van der Waals surface area (Å²) in [6.07, 6.45) is 4.31. The Morgan fingerprint density at radius 2 is 1.63 bits per heavy atom. The number of carbonyl (C=O) groups excluding carboxylic acids is 1. The number of anilines is 1. The van der Waals surface area contributed by atoms with E-state index in [0.717, 1.165) is 34.6 Å². The molecule has 0 radical (unpaired) electrons. The lowest BCUT2D eigenvalue weighted by Gasteiger charge is -2.15. The molecule has 0 saturated heterocycles. The lowest BCUT2D eigenvalue weighted by molar-refractivity contribution is 0.254. The van der Waals surface area contributed by atoms with Crippen molar-refractivity contribution in [2.45, 2.75) is 12.8 Å². The second-order valence-electron chi connectivity index (χ2n) is 11.6. The molecule has 0 fully saturated rings. The molecule has 0 bridgehead atoms. The van der Waals surface area contributed by atoms with Gasteiger partial charge in [0.05, 0.1) is 36.5 Å². The van der Waals surface area contributed by atoms with Crippen LogP contribution in [0, 0.1) is 11.6 Å². The molecule has 254 valence electrons. The number of ether oxygens (including phenoxy) is 3. The minimum absolute atomic E-state index is 0.0589. The van der Waals surface area contributed by atoms with Crippen LogP contribution in [0.4, 0.5) is 19.3 Å². The number of pyridine rings is 2. The number of aromatic nitrogens is 2. The van der Waals surface area contributed by atoms with E-state index >= 15 is 4.39 Å². The molecule has 2 amide bonds. The normalized spacial score (nSPS) is 11.4. The van der Waals surface area contributed by atoms with Crippen molar-refractivity contribution in [2.75, 3.05) is 18.7 Å². The number of hydrogen-bond acceptors (Lipinski definition) is 7. The van der Waals surface area contributed by atoms with E-state index in [4.69, 9.17) is 24.9 Å². The molecular formula is C40H31F2N5O4. The molecule has 0 aliphatic carbocycles. The molecule has 0 atom stereocenters. The van der Waals surface area contributed by atoms with E-state index in [9.17, 15) is 9.18 Å². The first kappa shape index (κ1) is 32.9. The van der Waals surface area contributed by atoms with Gasteiger partial charge in [0.25, 0.3) is 0 Å². The minimum Gasteiger partial charge on any atom is -0.493 e. The number of halogens is 2. The number of para-hydroxylation sites is 2. The first-order valence-electron chi connectivity index (χ1n) is 16.1. The molecule has 0 aliphatic rings. The van der Waals surface area contributed by atoms with Crippen molar-refractivity contribution in [3.8, 4) is 23.0 Å². The van der Waals surface area contributed by atoms with E-state index in [2.05, 4.69) is 28.3 Å². The number of hydrogen-bond donors (Lipinski definition) is 1. The number of hydrazone groups is 1. The maximum absolute atomic E-state index is 15.3. The van der Waals surface area contributed by atoms with Crippen LogP contribution >= 0.6 is 0 Å². The van der Waals surface area contributed by atoms with E-state index in [-0.39, 0.29) is 17.0 Å². The van der Waals surface area contributed by atoms with Gasteiger partial charge in [-0.15, -0.1) is 0 Å². The highest BCUT2D eigenvalue weighted by molar-refractivity contribution is 5.95. The lowest BCUT2D eigenvalue weighted by atomic mass is 10.0. The van der Waals surface area contributed by atoms with Gasteiger partial charge in [-0.05, 0) is 84.6 Å². The summed E-state index contributed by atoms with van der Waals surface area (Å²) in [5, 5.41) is 7.47. The number of aryl methyl sites for hydroxylation is 1. The largest absolute Gasteiger partial charge is 0.493 e. The van der Waals surface area contributed by atoms with Crippen LogP contribution in [0.3, 0.4) is 0 Å². The van der Waals surface area contributed by atoms with Crippen LogP contribution in [-0.4, -0.2) is 35.9 Å². The average molecular weight is 684 g/mol. The van der Waals surface area contributed by atoms with Gasteiger partial charge in [0.15, 0.2) is 23.1 Å². The molecule has 0 unspecified atom stereocenters. The van der Waals surface area contributed by atoms with Crippen molar-refractivity contribution in [3.63, 3.8) is 0 Å². The molecule has 0 spiro atoms. The molecule has 11 heteroatoms. The Morgan fingerprint density at radius 3 is 2.45 bits per heavy atom. The molecule has 2 heterocycles. The van der Waals surface area contributed by atoms with Crippen molar-refractivity contribution in [3.05, 3.63) is 138 Å². The Kier molecular flexibility index (Phi) is 9.34. The van der Waals surface area contributed by atoms with E-state index < -0.39 is 17.7 Å². The van der Waals surface area contributed by atoms with Crippen LogP contribution in [0.1, 0.15) is 17.5 Å². The number of nitrogens with zero attached hydrogens (tertiary/aromatic N) is 4. The van der Waals surface area contributed by atoms with Gasteiger partial charge in [-0.25, -0.2) is 18.6 Å². The van der Waals surface area contributed by atoms with E-state index in [1.165, 1.54) is 54.2 Å². The van der Waals surface area contributed by atoms with Crippen LogP contribution in [-0.2, 0) is 6.42 Å². The van der Waals surface area contributed by atoms with Crippen molar-refractivity contribution in [1.82, 2.24) is 9.97 Å². The number of fused-ring (bicyclic) bond motifs is 3. The molecule has 2 aromatic heterocycles. The van der Waals surface area contributed by atoms with Crippen molar-refractivity contribution in [1.29, 1.82) is 0 Å². The minimum atomic E-state index is -1.00. The first-order chi connectivity index (χ1) is 24.9. The third-order valence-electron chi connectivity index (χ3n) is 8.27. The van der Waals surface area contributed by atoms with Crippen LogP contribution in [0.25, 0.3) is 32.7 Å². The number of amides is 2. The van der Waals surface area contributed by atoms with E-state index in [1.54, 1.807) is 31.5 Å². The first-order valence-corrected chi connectivity index (χ1v) is 16.1. The Morgan fingerprint density at radius 1 is 0.804 bits per heavy atom. The van der Waals surface area contributed by atoms with Gasteiger partial charge in [-0.1, -0.05) is 42.5 Å². The second kappa shape index (κ2) is 14.5. The van der Waals surface area contributed by atoms with Gasteiger partial charge >= 0.3 is 6.03 Å². The summed E-state index contributed by atoms with van der Waals surface area (Å²) in [5.74, 6) is -0.0923. The van der Waals surface area contributed by atoms with Crippen LogP contribution in [0.2, 0.25) is 0 Å². The Hall–Kier alpha value is -6.62. The molecule has 0 aliphatic heterocycles. The van der Waals surface area contributed by atoms with Crippen molar-refractivity contribution >= 4 is 50.6 Å². The summed E-state index contributed by atoms with van der Waals surface area (Å²) in [6, 6.07) is 30.3. The number of benzene rings is 5. The highest BCUT2D eigenvalue weighted by atomic mass is 19.1. The fraction of sp³-hybridized carbons (Fsp3) is 0.100. The molecule has 5 aromatic carbocycles. The lowest BCUT2D eigenvalue weighted by Crippen LogP contribution is -2.31. The molecule has 0 saturated carbocycles. The number of nitrogens with two attached hydrogens (primary N) is 1. The number of urea groups is 1. The van der Waals surface area contributed by atoms with E-state index in [1.807, 2.05) is 30.3 Å². The summed E-state index contributed by atoms with van der Waals surface area (Å²) in [4.78, 5) is 21.2. The van der Waals surface area contributed by atoms with Gasteiger partial charge in [0.1, 0.15) is 17.3 Å². The molecule has 7 rings (SSSR count). The van der Waals surface area contributed by atoms with Gasteiger partial charge in [0.2, 0.25) is 0 Å². The Balaban J connectivity index is 1.05. The quantitative estimate of drug-likeness (QED) is 0.0631. The zero-order chi connectivity index (χ0) is 35.3. The summed E-state index contributed by atoms with van der Waals surface area (Å²) in [6.45, 7) is 0.438. The summed E-state index contributed by atoms with van der Waals surface area (Å²) < 4.78 is 47.3. The number of carbonyl (C=O) groups is 1. The highest BCUT2D eigenvalue weighted by Crippen LogP contribution is 2.38. The number of primary amides is 1. The summed E-state index contributed by atoms with van der Waals surface area (Å²) >= 11 is 0. The molecule has 2 N–H and O–H groups in total. The fourth-order valence-corrected chi connectivity index (χ4v) is 5.80. The maximum atomic E-state index is 15.3. The molecular weight excluding hydrogens is 652 g/mol. The van der Waals surface area contributed by atoms with Gasteiger partial charge < -0.3 is 19.9 Å². The van der Waals surface area contributed by atoms with E-state index in [0.29, 0.717) is 39.8 Å². The predicted octanol–water partition coefficient (Wildman–Crippen LogP) is 8.95. The average Bonchev–Trinajstić information content (AvgIpc) is 3.14. The van der Waals surface area contributed by atoms with Crippen molar-refractivity contribution < 1.29 is 27.8 Å². The highest BCUT2D eigenvalue weighted by Gasteiger charge is 2.17. The van der Waals surface area contributed by atoms with Crippen LogP contribution in [0.5, 0.6) is 23.0 Å². The van der Waals surface area contributed by atoms with Crippen LogP contribution in [0.15, 0.2) is 120 Å². The fourth-order valence-electron chi connectivity index (χ4n) is 5.80. The third kappa shape index (κ3) is 7.09. The standard InChI is InChI=1S/C40H31F2N5O4/c1-49-38-22-29-34(23-39(38)50-19-7-10-26-9-6-13-33-28(26)21-27-8-2-4-12-32(27)46-33)44-18-17-36(29)51-37-16-15-25(20-31(37)42)24-45-47(40(43)48)35-14-5-3-11-30(35)41/h2-6,8-9,11-18,20-24H,7,10,19H2,1H3,(H2,43,48)/b45-24+. The van der Waals surface area contributed by atoms with Gasteiger partial charge in [0, 0.05) is 28.4 Å². The predicted molar refractivity (Wildman–Crippen MR) is 194 cm³/mol. The third-order valence-corrected chi connectivity index (χ3v) is 8.27. The zero-order valence-corrected chi connectivity index (χ0v) is 27.4. The SMILES string of the molecule is COc1cc2c(Oc3ccc(/C=N/N(C(N)=O)c4ccccc4F)cc3F)ccnc2cc1OCCCc1cccc2nc3ccccc3cc12. The molecule has 9 nitrogen and oxygen atoms in total. The molecule has 7 aromatic rings.